The van der Waals surface area contributed by atoms with Crippen molar-refractivity contribution >= 4 is 30.9 Å². The number of methoxy groups -OCH3 is 1. The minimum absolute atomic E-state index is 0.0260. The SMILES string of the molecule is COc1nc(N2CCC(CCP(O)O)CC2)cc2cnn(C(=O)Cc3ccncc3)c(=O)c12. The lowest BCUT2D eigenvalue weighted by atomic mass is 9.94. The Hall–Kier alpha value is -2.94. The molecule has 1 fully saturated rings. The van der Waals surface area contributed by atoms with Gasteiger partial charge in [0.15, 0.2) is 8.38 Å². The molecule has 3 aromatic heterocycles. The average Bonchev–Trinajstić information content (AvgIpc) is 2.83. The fraction of sp³-hybridized carbons (Fsp3) is 0.409. The van der Waals surface area contributed by atoms with Crippen molar-refractivity contribution in [2.45, 2.75) is 25.7 Å². The lowest BCUT2D eigenvalue weighted by Crippen LogP contribution is -2.35. The van der Waals surface area contributed by atoms with Crippen LogP contribution in [0.3, 0.4) is 0 Å². The molecular formula is C22H26N5O5P. The summed E-state index contributed by atoms with van der Waals surface area (Å²) in [5.41, 5.74) is 0.174. The second-order valence-electron chi connectivity index (χ2n) is 8.06. The highest BCUT2D eigenvalue weighted by Crippen LogP contribution is 2.32. The van der Waals surface area contributed by atoms with Crippen LogP contribution in [-0.2, 0) is 6.42 Å². The van der Waals surface area contributed by atoms with Crippen LogP contribution in [0.15, 0.2) is 41.6 Å². The second-order valence-corrected chi connectivity index (χ2v) is 9.25. The highest BCUT2D eigenvalue weighted by molar-refractivity contribution is 7.45. The van der Waals surface area contributed by atoms with Crippen molar-refractivity contribution in [3.8, 4) is 5.88 Å². The Labute approximate surface area is 191 Å². The van der Waals surface area contributed by atoms with Gasteiger partial charge >= 0.3 is 0 Å². The van der Waals surface area contributed by atoms with Crippen LogP contribution in [0.2, 0.25) is 0 Å². The van der Waals surface area contributed by atoms with Gasteiger partial charge in [0.1, 0.15) is 11.2 Å². The topological polar surface area (TPSA) is 131 Å². The van der Waals surface area contributed by atoms with E-state index in [1.807, 2.05) is 0 Å². The summed E-state index contributed by atoms with van der Waals surface area (Å²) in [4.78, 5) is 54.7. The number of fused-ring (bicyclic) bond motifs is 1. The molecule has 0 amide bonds. The number of ether oxygens (including phenoxy) is 1. The number of aromatic nitrogens is 4. The maximum atomic E-state index is 13.1. The van der Waals surface area contributed by atoms with E-state index >= 15 is 0 Å². The number of carbonyl (C=O) groups is 1. The summed E-state index contributed by atoms with van der Waals surface area (Å²) in [6, 6.07) is 5.23. The Morgan fingerprint density at radius 2 is 1.97 bits per heavy atom. The molecule has 0 saturated carbocycles. The van der Waals surface area contributed by atoms with Crippen LogP contribution >= 0.6 is 8.38 Å². The van der Waals surface area contributed by atoms with Crippen molar-refractivity contribution in [1.82, 2.24) is 19.7 Å². The van der Waals surface area contributed by atoms with Crippen LogP contribution < -0.4 is 15.2 Å². The van der Waals surface area contributed by atoms with Gasteiger partial charge in [-0.15, -0.1) is 0 Å². The van der Waals surface area contributed by atoms with Crippen molar-refractivity contribution in [2.24, 2.45) is 5.92 Å². The number of carbonyl (C=O) groups excluding carboxylic acids is 1. The van der Waals surface area contributed by atoms with Crippen LogP contribution in [0.5, 0.6) is 5.88 Å². The molecule has 0 bridgehead atoms. The molecule has 11 heteroatoms. The first kappa shape index (κ1) is 23.2. The molecule has 4 heterocycles. The Morgan fingerprint density at radius 3 is 2.64 bits per heavy atom. The number of hydrogen-bond donors (Lipinski definition) is 2. The van der Waals surface area contributed by atoms with E-state index in [0.717, 1.165) is 42.6 Å². The molecule has 0 unspecified atom stereocenters. The van der Waals surface area contributed by atoms with E-state index in [4.69, 9.17) is 14.5 Å². The number of rotatable bonds is 7. The number of piperidine rings is 1. The smallest absolute Gasteiger partial charge is 0.287 e. The van der Waals surface area contributed by atoms with Crippen LogP contribution in [0.1, 0.15) is 29.6 Å². The molecule has 2 N–H and O–H groups in total. The molecule has 0 aromatic carbocycles. The van der Waals surface area contributed by atoms with Crippen molar-refractivity contribution in [3.63, 3.8) is 0 Å². The van der Waals surface area contributed by atoms with Crippen molar-refractivity contribution < 1.29 is 19.3 Å². The maximum absolute atomic E-state index is 13.1. The Morgan fingerprint density at radius 1 is 1.24 bits per heavy atom. The van der Waals surface area contributed by atoms with Gasteiger partial charge in [-0.05, 0) is 48.9 Å². The fourth-order valence-electron chi connectivity index (χ4n) is 4.11. The third kappa shape index (κ3) is 5.35. The van der Waals surface area contributed by atoms with E-state index in [0.29, 0.717) is 23.3 Å². The van der Waals surface area contributed by atoms with E-state index in [1.54, 1.807) is 30.6 Å². The van der Waals surface area contributed by atoms with Crippen molar-refractivity contribution in [1.29, 1.82) is 0 Å². The summed E-state index contributed by atoms with van der Waals surface area (Å²) in [7, 11) is -0.393. The normalized spacial score (nSPS) is 14.7. The molecule has 1 saturated heterocycles. The Balaban J connectivity index is 1.57. The number of pyridine rings is 2. The third-order valence-electron chi connectivity index (χ3n) is 5.93. The molecule has 10 nitrogen and oxygen atoms in total. The molecule has 0 atom stereocenters. The zero-order chi connectivity index (χ0) is 23.4. The van der Waals surface area contributed by atoms with Crippen LogP contribution in [0.25, 0.3) is 10.8 Å². The van der Waals surface area contributed by atoms with Gasteiger partial charge in [0.25, 0.3) is 11.5 Å². The molecule has 4 rings (SSSR count). The van der Waals surface area contributed by atoms with Crippen LogP contribution in [0.4, 0.5) is 5.82 Å². The molecule has 3 aromatic rings. The van der Waals surface area contributed by atoms with Crippen molar-refractivity contribution in [2.75, 3.05) is 31.3 Å². The lowest BCUT2D eigenvalue weighted by molar-refractivity contribution is 0.0892. The second kappa shape index (κ2) is 10.3. The molecule has 33 heavy (non-hydrogen) atoms. The summed E-state index contributed by atoms with van der Waals surface area (Å²) in [5, 5.41) is 4.88. The lowest BCUT2D eigenvalue weighted by Gasteiger charge is -2.33. The van der Waals surface area contributed by atoms with E-state index < -0.39 is 19.8 Å². The number of hydrogen-bond acceptors (Lipinski definition) is 9. The third-order valence-corrected chi connectivity index (χ3v) is 6.59. The van der Waals surface area contributed by atoms with Gasteiger partial charge in [-0.1, -0.05) is 0 Å². The first-order chi connectivity index (χ1) is 16.0. The molecule has 1 aliphatic rings. The van der Waals surface area contributed by atoms with Crippen LogP contribution in [0, 0.1) is 5.92 Å². The monoisotopic (exact) mass is 471 g/mol. The number of nitrogens with zero attached hydrogens (tertiary/aromatic N) is 5. The zero-order valence-electron chi connectivity index (χ0n) is 18.3. The molecule has 174 valence electrons. The van der Waals surface area contributed by atoms with Gasteiger partial charge in [0, 0.05) is 37.0 Å². The highest BCUT2D eigenvalue weighted by Gasteiger charge is 2.23. The van der Waals surface area contributed by atoms with Crippen molar-refractivity contribution in [3.05, 3.63) is 52.7 Å². The summed E-state index contributed by atoms with van der Waals surface area (Å²) < 4.78 is 6.28. The van der Waals surface area contributed by atoms with E-state index in [1.165, 1.54) is 13.3 Å². The maximum Gasteiger partial charge on any atom is 0.287 e. The molecule has 0 spiro atoms. The van der Waals surface area contributed by atoms with Gasteiger partial charge in [0.2, 0.25) is 5.88 Å². The zero-order valence-corrected chi connectivity index (χ0v) is 19.2. The minimum Gasteiger partial charge on any atom is -0.480 e. The number of anilines is 1. The first-order valence-corrected chi connectivity index (χ1v) is 12.2. The predicted molar refractivity (Wildman–Crippen MR) is 125 cm³/mol. The summed E-state index contributed by atoms with van der Waals surface area (Å²) >= 11 is 0. The minimum atomic E-state index is -1.84. The quantitative estimate of drug-likeness (QED) is 0.497. The largest absolute Gasteiger partial charge is 0.480 e. The Kier molecular flexibility index (Phi) is 7.27. The predicted octanol–water partition coefficient (Wildman–Crippen LogP) is 1.98. The summed E-state index contributed by atoms with van der Waals surface area (Å²) in [6.45, 7) is 1.55. The molecular weight excluding hydrogens is 445 g/mol. The average molecular weight is 471 g/mol. The molecule has 0 radical (unpaired) electrons. The van der Waals surface area contributed by atoms with Gasteiger partial charge in [-0.2, -0.15) is 14.8 Å². The summed E-state index contributed by atoms with van der Waals surface area (Å²) in [6.07, 6.45) is 7.80. The standard InChI is InChI=1S/C22H26N5O5P/c1-32-21-20-17(13-18(25-21)26-9-4-15(5-10-26)6-11-33(30)31)14-24-27(22(20)29)19(28)12-16-2-7-23-8-3-16/h2-3,7-8,13-15,30-31H,4-6,9-12H2,1H3. The Bertz CT molecular complexity index is 1180. The fourth-order valence-corrected chi connectivity index (χ4v) is 4.70. The van der Waals surface area contributed by atoms with Crippen LogP contribution in [-0.4, -0.2) is 61.8 Å². The van der Waals surface area contributed by atoms with E-state index in [2.05, 4.69) is 20.0 Å². The van der Waals surface area contributed by atoms with Gasteiger partial charge in [-0.3, -0.25) is 14.6 Å². The van der Waals surface area contributed by atoms with E-state index in [-0.39, 0.29) is 17.7 Å². The van der Waals surface area contributed by atoms with Gasteiger partial charge < -0.3 is 19.4 Å². The van der Waals surface area contributed by atoms with Gasteiger partial charge in [-0.25, -0.2) is 0 Å². The van der Waals surface area contributed by atoms with Gasteiger partial charge in [0.05, 0.1) is 19.7 Å². The first-order valence-electron chi connectivity index (χ1n) is 10.8. The van der Waals surface area contributed by atoms with E-state index in [9.17, 15) is 9.59 Å². The molecule has 0 aliphatic carbocycles. The highest BCUT2D eigenvalue weighted by atomic mass is 31.2. The summed E-state index contributed by atoms with van der Waals surface area (Å²) in [5.74, 6) is 0.851. The molecule has 1 aliphatic heterocycles.